The van der Waals surface area contributed by atoms with Crippen LogP contribution in [0.2, 0.25) is 0 Å². The molecule has 1 aromatic heterocycles. The fourth-order valence-corrected chi connectivity index (χ4v) is 6.73. The van der Waals surface area contributed by atoms with E-state index in [1.807, 2.05) is 0 Å². The van der Waals surface area contributed by atoms with Gasteiger partial charge in [0.2, 0.25) is 5.91 Å². The van der Waals surface area contributed by atoms with Crippen LogP contribution in [0.25, 0.3) is 10.4 Å². The Kier molecular flexibility index (Phi) is 8.40. The number of carbonyl (C=O) groups is 2. The molecule has 196 valence electrons. The average molecular weight is 534 g/mol. The van der Waals surface area contributed by atoms with E-state index >= 15 is 0 Å². The van der Waals surface area contributed by atoms with Gasteiger partial charge in [-0.15, -0.1) is 11.3 Å². The van der Waals surface area contributed by atoms with Crippen molar-refractivity contribution in [2.45, 2.75) is 82.7 Å². The quantitative estimate of drug-likeness (QED) is 0.405. The second-order valence-corrected chi connectivity index (χ2v) is 13.0. The monoisotopic (exact) mass is 533 g/mol. The minimum absolute atomic E-state index is 0.0000409. The molecule has 2 aromatic rings. The summed E-state index contributed by atoms with van der Waals surface area (Å²) in [4.78, 5) is 28.9. The highest BCUT2D eigenvalue weighted by molar-refractivity contribution is 7.25. The van der Waals surface area contributed by atoms with Gasteiger partial charge in [-0.2, -0.15) is 0 Å². The van der Waals surface area contributed by atoms with Gasteiger partial charge in [0, 0.05) is 16.8 Å². The van der Waals surface area contributed by atoms with Gasteiger partial charge in [0.05, 0.1) is 20.3 Å². The number of thiophene rings is 1. The fraction of sp³-hybridized carbons (Fsp3) is 0.556. The number of anilines is 1. The highest BCUT2D eigenvalue weighted by atomic mass is 32.1. The molecule has 0 radical (unpaired) electrons. The van der Waals surface area contributed by atoms with E-state index in [-0.39, 0.29) is 28.8 Å². The maximum absolute atomic E-state index is 13.9. The van der Waals surface area contributed by atoms with E-state index in [1.165, 1.54) is 6.92 Å². The number of amides is 1. The molecule has 2 unspecified atom stereocenters. The lowest BCUT2D eigenvalue weighted by atomic mass is 9.81. The Labute approximate surface area is 217 Å². The zero-order valence-corrected chi connectivity index (χ0v) is 22.8. The third-order valence-corrected chi connectivity index (χ3v) is 9.74. The molecule has 2 saturated carbocycles. The van der Waals surface area contributed by atoms with Crippen LogP contribution in [0.5, 0.6) is 0 Å². The molecular formula is C27H36NO6PS. The summed E-state index contributed by atoms with van der Waals surface area (Å²) in [7, 11) is -1.42. The van der Waals surface area contributed by atoms with Crippen LogP contribution in [0, 0.1) is 11.8 Å². The highest BCUT2D eigenvalue weighted by Crippen LogP contribution is 2.42. The first kappa shape index (κ1) is 27.1. The number of aromatic carboxylic acids is 1. The van der Waals surface area contributed by atoms with Gasteiger partial charge in [0.15, 0.2) is 0 Å². The van der Waals surface area contributed by atoms with Crippen molar-refractivity contribution >= 4 is 37.4 Å². The van der Waals surface area contributed by atoms with Crippen molar-refractivity contribution in [1.82, 2.24) is 0 Å². The van der Waals surface area contributed by atoms with Crippen LogP contribution >= 0.6 is 19.8 Å². The van der Waals surface area contributed by atoms with E-state index in [0.717, 1.165) is 42.6 Å². The van der Waals surface area contributed by atoms with Gasteiger partial charge in [0.1, 0.15) is 10.2 Å². The van der Waals surface area contributed by atoms with Crippen LogP contribution in [0.4, 0.5) is 5.69 Å². The fourth-order valence-electron chi connectivity index (χ4n) is 5.41. The first-order valence-corrected chi connectivity index (χ1v) is 14.6. The van der Waals surface area contributed by atoms with Crippen molar-refractivity contribution in [2.24, 2.45) is 11.8 Å². The molecule has 0 saturated heterocycles. The molecule has 2 fully saturated rings. The lowest BCUT2D eigenvalue weighted by Gasteiger charge is -2.38. The molecule has 1 heterocycles. The molecule has 2 aliphatic carbocycles. The van der Waals surface area contributed by atoms with Crippen LogP contribution < -0.4 is 4.90 Å². The van der Waals surface area contributed by atoms with Crippen molar-refractivity contribution in [3.63, 3.8) is 0 Å². The molecule has 36 heavy (non-hydrogen) atoms. The Morgan fingerprint density at radius 2 is 1.64 bits per heavy atom. The Hall–Kier alpha value is -1.99. The third kappa shape index (κ3) is 5.77. The summed E-state index contributed by atoms with van der Waals surface area (Å²) in [5.74, 6) is -0.586. The molecule has 2 atom stereocenters. The van der Waals surface area contributed by atoms with Crippen LogP contribution in [0.15, 0.2) is 30.3 Å². The Balaban J connectivity index is 1.72. The number of aliphatic hydroxyl groups excluding tert-OH is 1. The maximum atomic E-state index is 13.9. The van der Waals surface area contributed by atoms with Crippen LogP contribution in [0.3, 0.4) is 0 Å². The van der Waals surface area contributed by atoms with Gasteiger partial charge in [0.25, 0.3) is 0 Å². The minimum Gasteiger partial charge on any atom is -0.477 e. The average Bonchev–Trinajstić information content (AvgIpc) is 3.31. The van der Waals surface area contributed by atoms with Crippen LogP contribution in [-0.4, -0.2) is 39.3 Å². The van der Waals surface area contributed by atoms with Gasteiger partial charge in [-0.1, -0.05) is 31.2 Å². The summed E-state index contributed by atoms with van der Waals surface area (Å²) in [6.45, 7) is 3.71. The largest absolute Gasteiger partial charge is 0.477 e. The second kappa shape index (κ2) is 11.2. The summed E-state index contributed by atoms with van der Waals surface area (Å²) >= 11 is 1.14. The van der Waals surface area contributed by atoms with Gasteiger partial charge >= 0.3 is 5.97 Å². The number of carbonyl (C=O) groups excluding carboxylic acids is 1. The van der Waals surface area contributed by atoms with Gasteiger partial charge < -0.3 is 24.8 Å². The molecular weight excluding hydrogens is 497 g/mol. The van der Waals surface area contributed by atoms with Gasteiger partial charge in [-0.05, 0) is 81.4 Å². The van der Waals surface area contributed by atoms with E-state index in [0.29, 0.717) is 47.7 Å². The molecule has 1 aromatic carbocycles. The Bertz CT molecular complexity index is 1100. The van der Waals surface area contributed by atoms with Crippen molar-refractivity contribution in [3.05, 3.63) is 40.8 Å². The second-order valence-electron chi connectivity index (χ2n) is 10.6. The molecule has 7 nitrogen and oxygen atoms in total. The predicted octanol–water partition coefficient (Wildman–Crippen LogP) is 5.50. The van der Waals surface area contributed by atoms with Crippen molar-refractivity contribution in [2.75, 3.05) is 4.90 Å². The molecule has 4 rings (SSSR count). The smallest absolute Gasteiger partial charge is 0.348 e. The molecule has 0 aliphatic heterocycles. The lowest BCUT2D eigenvalue weighted by Crippen LogP contribution is -2.47. The third-order valence-electron chi connectivity index (χ3n) is 7.78. The molecule has 0 bridgehead atoms. The first-order chi connectivity index (χ1) is 17.1. The van der Waals surface area contributed by atoms with Crippen LogP contribution in [-0.2, 0) is 14.7 Å². The summed E-state index contributed by atoms with van der Waals surface area (Å²) in [5, 5.41) is 29.1. The first-order valence-electron chi connectivity index (χ1n) is 12.8. The molecule has 9 heteroatoms. The number of hydrogen-bond donors (Lipinski definition) is 3. The number of carboxylic acid groups (broad SMARTS) is 1. The predicted molar refractivity (Wildman–Crippen MR) is 144 cm³/mol. The molecule has 2 aliphatic rings. The van der Waals surface area contributed by atoms with Crippen LogP contribution in [0.1, 0.15) is 80.4 Å². The number of rotatable bonds is 7. The molecule has 3 N–H and O–H groups in total. The standard InChI is InChI=1S/C27H36NO6PS/c1-16-3-5-18(6-4-16)25(30)28(20-11-13-21(29)14-12-20)22-15-23(36-24(22)26(31)32)17-7-9-19(10-8-17)27(2,33)35-34/h7-10,15-16,18,20-21,29,33H,3-6,11-14,35H2,1-2H3,(H,31,32). The summed E-state index contributed by atoms with van der Waals surface area (Å²) in [6.07, 6.45) is 5.71. The number of nitrogens with zero attached hydrogens (tertiary/aromatic N) is 1. The van der Waals surface area contributed by atoms with E-state index < -0.39 is 19.8 Å². The van der Waals surface area contributed by atoms with E-state index in [2.05, 4.69) is 6.92 Å². The zero-order chi connectivity index (χ0) is 26.0. The molecule has 0 spiro atoms. The van der Waals surface area contributed by atoms with E-state index in [1.54, 1.807) is 35.2 Å². The van der Waals surface area contributed by atoms with Crippen molar-refractivity contribution in [3.8, 4) is 10.4 Å². The zero-order valence-electron chi connectivity index (χ0n) is 20.9. The van der Waals surface area contributed by atoms with E-state index in [4.69, 9.17) is 0 Å². The molecule has 1 amide bonds. The Morgan fingerprint density at radius 3 is 2.19 bits per heavy atom. The van der Waals surface area contributed by atoms with E-state index in [9.17, 15) is 29.5 Å². The Morgan fingerprint density at radius 1 is 1.03 bits per heavy atom. The normalized spacial score (nSPS) is 26.6. The number of aliphatic hydroxyl groups is 2. The SMILES string of the molecule is CC1CCC(C(=O)N(c2cc(-c3ccc(C(C)(O)[PH2]=O)cc3)sc2C(=O)O)C2CCC(O)CC2)CC1. The van der Waals surface area contributed by atoms with Crippen molar-refractivity contribution < 1.29 is 29.5 Å². The van der Waals surface area contributed by atoms with Crippen molar-refractivity contribution in [1.29, 1.82) is 0 Å². The lowest BCUT2D eigenvalue weighted by molar-refractivity contribution is -0.124. The minimum atomic E-state index is -1.42. The summed E-state index contributed by atoms with van der Waals surface area (Å²) in [5.41, 5.74) is 1.75. The van der Waals surface area contributed by atoms with Gasteiger partial charge in [-0.25, -0.2) is 4.79 Å². The maximum Gasteiger partial charge on any atom is 0.348 e. The number of carboxylic acids is 1. The topological polar surface area (TPSA) is 115 Å². The summed E-state index contributed by atoms with van der Waals surface area (Å²) < 4.78 is 11.4. The van der Waals surface area contributed by atoms with Gasteiger partial charge in [-0.3, -0.25) is 4.79 Å². The number of hydrogen-bond acceptors (Lipinski definition) is 6. The highest BCUT2D eigenvalue weighted by Gasteiger charge is 2.37. The number of benzene rings is 1. The summed E-state index contributed by atoms with van der Waals surface area (Å²) in [6, 6.07) is 8.63.